The van der Waals surface area contributed by atoms with Crippen LogP contribution in [0.15, 0.2) is 16.6 Å². The number of hydrogen-bond donors (Lipinski definition) is 0. The van der Waals surface area contributed by atoms with Crippen molar-refractivity contribution in [2.24, 2.45) is 0 Å². The van der Waals surface area contributed by atoms with E-state index in [2.05, 4.69) is 15.9 Å². The van der Waals surface area contributed by atoms with E-state index in [1.807, 2.05) is 12.1 Å². The molecule has 17 heavy (non-hydrogen) atoms. The average Bonchev–Trinajstić information content (AvgIpc) is 2.28. The Kier molecular flexibility index (Phi) is 4.29. The van der Waals surface area contributed by atoms with Crippen molar-refractivity contribution >= 4 is 15.9 Å². The highest BCUT2D eigenvalue weighted by Crippen LogP contribution is 2.36. The van der Waals surface area contributed by atoms with Crippen molar-refractivity contribution in [3.63, 3.8) is 0 Å². The highest BCUT2D eigenvalue weighted by atomic mass is 79.9. The number of halogens is 1. The molecule has 1 aliphatic carbocycles. The second-order valence-corrected chi connectivity index (χ2v) is 4.97. The van der Waals surface area contributed by atoms with E-state index in [1.165, 1.54) is 19.3 Å². The molecule has 0 aliphatic heterocycles. The number of rotatable bonds is 5. The van der Waals surface area contributed by atoms with Crippen molar-refractivity contribution in [2.45, 2.75) is 32.0 Å². The Morgan fingerprint density at radius 2 is 1.76 bits per heavy atom. The molecule has 1 saturated carbocycles. The van der Waals surface area contributed by atoms with Gasteiger partial charge in [-0.2, -0.15) is 0 Å². The molecule has 3 nitrogen and oxygen atoms in total. The molecule has 1 fully saturated rings. The molecule has 0 amide bonds. The van der Waals surface area contributed by atoms with Gasteiger partial charge in [-0.3, -0.25) is 0 Å². The highest BCUT2D eigenvalue weighted by Gasteiger charge is 2.18. The van der Waals surface area contributed by atoms with E-state index in [0.29, 0.717) is 12.7 Å². The summed E-state index contributed by atoms with van der Waals surface area (Å²) >= 11 is 3.45. The molecule has 1 aliphatic rings. The van der Waals surface area contributed by atoms with E-state index < -0.39 is 0 Å². The maximum atomic E-state index is 5.78. The van der Waals surface area contributed by atoms with Crippen molar-refractivity contribution in [1.29, 1.82) is 0 Å². The lowest BCUT2D eigenvalue weighted by Crippen LogP contribution is -2.21. The van der Waals surface area contributed by atoms with Crippen molar-refractivity contribution in [2.75, 3.05) is 14.2 Å². The molecule has 0 bridgehead atoms. The summed E-state index contributed by atoms with van der Waals surface area (Å²) in [5, 5.41) is 0. The van der Waals surface area contributed by atoms with Crippen LogP contribution in [0.5, 0.6) is 11.5 Å². The Hall–Kier alpha value is -0.740. The lowest BCUT2D eigenvalue weighted by Gasteiger charge is -2.25. The Bertz CT molecular complexity index is 363. The maximum absolute atomic E-state index is 5.78. The third-order valence-electron chi connectivity index (χ3n) is 3.04. The van der Waals surface area contributed by atoms with Crippen molar-refractivity contribution < 1.29 is 14.2 Å². The smallest absolute Gasteiger partial charge is 0.137 e. The van der Waals surface area contributed by atoms with Crippen LogP contribution in [0.25, 0.3) is 0 Å². The molecule has 0 N–H and O–H groups in total. The lowest BCUT2D eigenvalue weighted by molar-refractivity contribution is -0.00878. The Morgan fingerprint density at radius 3 is 2.18 bits per heavy atom. The summed E-state index contributed by atoms with van der Waals surface area (Å²) in [6.45, 7) is 0.616. The zero-order valence-corrected chi connectivity index (χ0v) is 11.7. The van der Waals surface area contributed by atoms with Gasteiger partial charge in [0.05, 0.1) is 26.9 Å². The summed E-state index contributed by atoms with van der Waals surface area (Å²) in [6.07, 6.45) is 4.10. The fraction of sp³-hybridized carbons (Fsp3) is 0.538. The number of ether oxygens (including phenoxy) is 3. The van der Waals surface area contributed by atoms with Gasteiger partial charge in [0.15, 0.2) is 0 Å². The first-order valence-electron chi connectivity index (χ1n) is 5.76. The van der Waals surface area contributed by atoms with Gasteiger partial charge < -0.3 is 14.2 Å². The molecular weight excluding hydrogens is 284 g/mol. The van der Waals surface area contributed by atoms with Gasteiger partial charge in [-0.15, -0.1) is 0 Å². The minimum atomic E-state index is 0.440. The predicted molar refractivity (Wildman–Crippen MR) is 69.7 cm³/mol. The van der Waals surface area contributed by atoms with E-state index in [0.717, 1.165) is 21.5 Å². The first kappa shape index (κ1) is 12.7. The molecule has 0 unspecified atom stereocenters. The largest absolute Gasteiger partial charge is 0.495 e. The van der Waals surface area contributed by atoms with Gasteiger partial charge in [-0.25, -0.2) is 0 Å². The van der Waals surface area contributed by atoms with Gasteiger partial charge in [0.1, 0.15) is 16.0 Å². The molecule has 94 valence electrons. The topological polar surface area (TPSA) is 27.7 Å². The number of hydrogen-bond acceptors (Lipinski definition) is 3. The first-order valence-corrected chi connectivity index (χ1v) is 6.56. The van der Waals surface area contributed by atoms with E-state index in [1.54, 1.807) is 14.2 Å². The predicted octanol–water partition coefficient (Wildman–Crippen LogP) is 3.54. The summed E-state index contributed by atoms with van der Waals surface area (Å²) in [5.74, 6) is 1.55. The van der Waals surface area contributed by atoms with Crippen LogP contribution in [0.3, 0.4) is 0 Å². The molecule has 2 rings (SSSR count). The lowest BCUT2D eigenvalue weighted by atomic mass is 9.96. The molecule has 4 heteroatoms. The number of benzene rings is 1. The van der Waals surface area contributed by atoms with Crippen LogP contribution in [0.4, 0.5) is 0 Å². The van der Waals surface area contributed by atoms with E-state index in [9.17, 15) is 0 Å². The van der Waals surface area contributed by atoms with Crippen LogP contribution >= 0.6 is 15.9 Å². The van der Waals surface area contributed by atoms with E-state index >= 15 is 0 Å². The van der Waals surface area contributed by atoms with Crippen LogP contribution < -0.4 is 9.47 Å². The summed E-state index contributed by atoms with van der Waals surface area (Å²) in [6, 6.07) is 3.95. The molecule has 0 heterocycles. The molecule has 1 aromatic carbocycles. The zero-order chi connectivity index (χ0) is 12.3. The summed E-state index contributed by atoms with van der Waals surface area (Å²) in [5.41, 5.74) is 1.08. The van der Waals surface area contributed by atoms with Crippen molar-refractivity contribution in [3.8, 4) is 11.5 Å². The second-order valence-electron chi connectivity index (χ2n) is 4.18. The minimum Gasteiger partial charge on any atom is -0.495 e. The molecule has 0 spiro atoms. The van der Waals surface area contributed by atoms with Crippen LogP contribution in [-0.2, 0) is 11.3 Å². The third-order valence-corrected chi connectivity index (χ3v) is 3.82. The van der Waals surface area contributed by atoms with Gasteiger partial charge in [0, 0.05) is 0 Å². The van der Waals surface area contributed by atoms with Gasteiger partial charge in [-0.1, -0.05) is 0 Å². The van der Waals surface area contributed by atoms with Crippen LogP contribution in [-0.4, -0.2) is 20.3 Å². The molecule has 0 radical (unpaired) electrons. The molecule has 0 aromatic heterocycles. The van der Waals surface area contributed by atoms with Gasteiger partial charge >= 0.3 is 0 Å². The summed E-state index contributed by atoms with van der Waals surface area (Å²) in [4.78, 5) is 0. The molecular formula is C13H17BrO3. The van der Waals surface area contributed by atoms with Crippen LogP contribution in [0.1, 0.15) is 24.8 Å². The molecule has 1 aromatic rings. The van der Waals surface area contributed by atoms with Crippen molar-refractivity contribution in [3.05, 3.63) is 22.2 Å². The zero-order valence-electron chi connectivity index (χ0n) is 10.2. The number of methoxy groups -OCH3 is 2. The highest BCUT2D eigenvalue weighted by molar-refractivity contribution is 9.10. The van der Waals surface area contributed by atoms with Gasteiger partial charge in [0.2, 0.25) is 0 Å². The standard InChI is InChI=1S/C13H17BrO3/c1-15-11-6-9(7-12(16-2)13(11)14)8-17-10-4-3-5-10/h6-7,10H,3-5,8H2,1-2H3. The summed E-state index contributed by atoms with van der Waals surface area (Å²) in [7, 11) is 3.30. The monoisotopic (exact) mass is 300 g/mol. The van der Waals surface area contributed by atoms with Crippen molar-refractivity contribution in [1.82, 2.24) is 0 Å². The van der Waals surface area contributed by atoms with E-state index in [-0.39, 0.29) is 0 Å². The fourth-order valence-electron chi connectivity index (χ4n) is 1.76. The maximum Gasteiger partial charge on any atom is 0.137 e. The average molecular weight is 301 g/mol. The second kappa shape index (κ2) is 5.74. The fourth-order valence-corrected chi connectivity index (χ4v) is 2.31. The Balaban J connectivity index is 2.09. The minimum absolute atomic E-state index is 0.440. The third kappa shape index (κ3) is 2.93. The van der Waals surface area contributed by atoms with Gasteiger partial charge in [-0.05, 0) is 52.9 Å². The van der Waals surface area contributed by atoms with Crippen LogP contribution in [0.2, 0.25) is 0 Å². The normalized spacial score (nSPS) is 15.5. The van der Waals surface area contributed by atoms with Crippen LogP contribution in [0, 0.1) is 0 Å². The quantitative estimate of drug-likeness (QED) is 0.832. The Morgan fingerprint density at radius 1 is 1.18 bits per heavy atom. The Labute approximate surface area is 110 Å². The molecule has 0 atom stereocenters. The van der Waals surface area contributed by atoms with E-state index in [4.69, 9.17) is 14.2 Å². The molecule has 0 saturated heterocycles. The summed E-state index contributed by atoms with van der Waals surface area (Å²) < 4.78 is 17.2. The van der Waals surface area contributed by atoms with Gasteiger partial charge in [0.25, 0.3) is 0 Å². The first-order chi connectivity index (χ1) is 8.24. The SMILES string of the molecule is COc1cc(COC2CCC2)cc(OC)c1Br.